The van der Waals surface area contributed by atoms with Crippen molar-refractivity contribution in [3.05, 3.63) is 0 Å². The number of esters is 1. The predicted octanol–water partition coefficient (Wildman–Crippen LogP) is 10.3. The number of carbonyl (C=O) groups excluding carboxylic acids is 1. The van der Waals surface area contributed by atoms with Crippen LogP contribution in [-0.2, 0) is 27.9 Å². The average molecular weight is 692 g/mol. The molecule has 47 heavy (non-hydrogen) atoms. The minimum Gasteiger partial charge on any atom is -0.756 e. The Morgan fingerprint density at radius 2 is 0.979 bits per heavy atom. The lowest BCUT2D eigenvalue weighted by Crippen LogP contribution is -2.37. The standard InChI is InChI=1S/C38H78NO7P/c1-6-8-10-12-14-15-16-17-18-19-20-21-22-23-24-26-28-30-33-43-35-37(36-45-47(41,42)44-34-32-39(3,4)5)46-38(40)31-29-27-25-13-11-9-7-2/h37H,6-36H2,1-5H3/t37-/m1/s1. The van der Waals surface area contributed by atoms with Crippen molar-refractivity contribution in [2.24, 2.45) is 0 Å². The number of phosphoric ester groups is 1. The zero-order valence-electron chi connectivity index (χ0n) is 31.7. The summed E-state index contributed by atoms with van der Waals surface area (Å²) in [6, 6.07) is 0. The van der Waals surface area contributed by atoms with Crippen molar-refractivity contribution >= 4 is 13.8 Å². The van der Waals surface area contributed by atoms with Gasteiger partial charge in [-0.2, -0.15) is 0 Å². The van der Waals surface area contributed by atoms with Gasteiger partial charge in [0.05, 0.1) is 34.4 Å². The van der Waals surface area contributed by atoms with Crippen LogP contribution in [0.15, 0.2) is 0 Å². The van der Waals surface area contributed by atoms with E-state index in [0.717, 1.165) is 32.1 Å². The van der Waals surface area contributed by atoms with Gasteiger partial charge in [-0.15, -0.1) is 0 Å². The molecule has 0 fully saturated rings. The third-order valence-electron chi connectivity index (χ3n) is 8.66. The van der Waals surface area contributed by atoms with Gasteiger partial charge in [0.25, 0.3) is 7.82 Å². The Kier molecular flexibility index (Phi) is 32.3. The summed E-state index contributed by atoms with van der Waals surface area (Å²) in [6.07, 6.45) is 31.3. The maximum absolute atomic E-state index is 12.5. The van der Waals surface area contributed by atoms with Gasteiger partial charge < -0.3 is 27.9 Å². The van der Waals surface area contributed by atoms with Gasteiger partial charge in [0, 0.05) is 13.0 Å². The van der Waals surface area contributed by atoms with E-state index in [2.05, 4.69) is 13.8 Å². The maximum atomic E-state index is 12.5. The summed E-state index contributed by atoms with van der Waals surface area (Å²) in [5, 5.41) is 0. The molecule has 0 aromatic heterocycles. The fraction of sp³-hybridized carbons (Fsp3) is 0.974. The number of rotatable bonds is 37. The summed E-state index contributed by atoms with van der Waals surface area (Å²) >= 11 is 0. The molecule has 0 radical (unpaired) electrons. The van der Waals surface area contributed by atoms with Gasteiger partial charge in [-0.3, -0.25) is 9.36 Å². The van der Waals surface area contributed by atoms with Crippen LogP contribution in [0.3, 0.4) is 0 Å². The normalized spacial score (nSPS) is 13.9. The highest BCUT2D eigenvalue weighted by Gasteiger charge is 2.20. The van der Waals surface area contributed by atoms with Crippen molar-refractivity contribution in [3.8, 4) is 0 Å². The Morgan fingerprint density at radius 1 is 0.574 bits per heavy atom. The van der Waals surface area contributed by atoms with Gasteiger partial charge in [0.1, 0.15) is 19.3 Å². The van der Waals surface area contributed by atoms with E-state index in [0.29, 0.717) is 24.1 Å². The molecule has 0 saturated heterocycles. The van der Waals surface area contributed by atoms with Crippen LogP contribution in [0.5, 0.6) is 0 Å². The first kappa shape index (κ1) is 46.5. The molecule has 0 aliphatic heterocycles. The molecule has 8 nitrogen and oxygen atoms in total. The fourth-order valence-corrected chi connectivity index (χ4v) is 6.27. The van der Waals surface area contributed by atoms with Crippen LogP contribution in [0.1, 0.15) is 181 Å². The zero-order valence-corrected chi connectivity index (χ0v) is 32.6. The van der Waals surface area contributed by atoms with Gasteiger partial charge in [0.2, 0.25) is 0 Å². The Bertz CT molecular complexity index is 731. The van der Waals surface area contributed by atoms with Gasteiger partial charge in [0.15, 0.2) is 0 Å². The van der Waals surface area contributed by atoms with Gasteiger partial charge in [-0.05, 0) is 12.8 Å². The van der Waals surface area contributed by atoms with Crippen LogP contribution in [0.4, 0.5) is 0 Å². The molecule has 0 spiro atoms. The summed E-state index contributed by atoms with van der Waals surface area (Å²) in [5.41, 5.74) is 0. The van der Waals surface area contributed by atoms with Gasteiger partial charge in [-0.25, -0.2) is 0 Å². The van der Waals surface area contributed by atoms with Crippen molar-refractivity contribution in [2.45, 2.75) is 187 Å². The van der Waals surface area contributed by atoms with Crippen LogP contribution in [0.2, 0.25) is 0 Å². The summed E-state index contributed by atoms with van der Waals surface area (Å²) in [7, 11) is 1.37. The van der Waals surface area contributed by atoms with Crippen LogP contribution < -0.4 is 4.89 Å². The van der Waals surface area contributed by atoms with Crippen molar-refractivity contribution in [2.75, 3.05) is 54.1 Å². The molecule has 0 amide bonds. The Morgan fingerprint density at radius 3 is 1.40 bits per heavy atom. The second-order valence-electron chi connectivity index (χ2n) is 14.7. The second kappa shape index (κ2) is 32.7. The molecule has 0 N–H and O–H groups in total. The number of hydrogen-bond acceptors (Lipinski definition) is 7. The molecule has 9 heteroatoms. The molecular weight excluding hydrogens is 613 g/mol. The first-order valence-corrected chi connectivity index (χ1v) is 21.2. The molecule has 0 aliphatic rings. The third kappa shape index (κ3) is 36.6. The van der Waals surface area contributed by atoms with E-state index in [1.165, 1.54) is 128 Å². The molecule has 0 rings (SSSR count). The number of quaternary nitrogens is 1. The zero-order chi connectivity index (χ0) is 34.9. The smallest absolute Gasteiger partial charge is 0.306 e. The summed E-state index contributed by atoms with van der Waals surface area (Å²) < 4.78 is 34.3. The SMILES string of the molecule is CCCCCCCCCCCCCCCCCCCCOC[C@H](COP(=O)([O-])OCC[N+](C)(C)C)OC(=O)CCCCCCCCC. The number of phosphoric acid groups is 1. The minimum atomic E-state index is -4.50. The molecule has 0 saturated carbocycles. The number of carbonyl (C=O) groups is 1. The first-order valence-electron chi connectivity index (χ1n) is 19.8. The van der Waals surface area contributed by atoms with Crippen LogP contribution >= 0.6 is 7.82 Å². The van der Waals surface area contributed by atoms with Crippen LogP contribution in [0, 0.1) is 0 Å². The lowest BCUT2D eigenvalue weighted by atomic mass is 10.0. The van der Waals surface area contributed by atoms with Crippen molar-refractivity contribution in [3.63, 3.8) is 0 Å². The van der Waals surface area contributed by atoms with Crippen molar-refractivity contribution in [1.82, 2.24) is 0 Å². The van der Waals surface area contributed by atoms with E-state index in [4.69, 9.17) is 18.5 Å². The summed E-state index contributed by atoms with van der Waals surface area (Å²) in [6.45, 7) is 5.40. The van der Waals surface area contributed by atoms with E-state index in [9.17, 15) is 14.3 Å². The second-order valence-corrected chi connectivity index (χ2v) is 16.1. The monoisotopic (exact) mass is 692 g/mol. The first-order chi connectivity index (χ1) is 22.6. The quantitative estimate of drug-likeness (QED) is 0.0277. The molecule has 2 atom stereocenters. The lowest BCUT2D eigenvalue weighted by Gasteiger charge is -2.28. The van der Waals surface area contributed by atoms with E-state index >= 15 is 0 Å². The molecule has 0 aliphatic carbocycles. The molecular formula is C38H78NO7P. The maximum Gasteiger partial charge on any atom is 0.306 e. The molecule has 0 aromatic rings. The number of ether oxygens (including phenoxy) is 2. The van der Waals surface area contributed by atoms with Crippen LogP contribution in [-0.4, -0.2) is 70.7 Å². The molecule has 282 valence electrons. The average Bonchev–Trinajstić information content (AvgIpc) is 3.01. The molecule has 0 heterocycles. The number of unbranched alkanes of at least 4 members (excludes halogenated alkanes) is 23. The molecule has 1 unspecified atom stereocenters. The number of likely N-dealkylation sites (N-methyl/N-ethyl adjacent to an activating group) is 1. The van der Waals surface area contributed by atoms with E-state index in [-0.39, 0.29) is 25.8 Å². The summed E-state index contributed by atoms with van der Waals surface area (Å²) in [4.78, 5) is 24.8. The molecule has 0 bridgehead atoms. The Hall–Kier alpha value is -0.500. The topological polar surface area (TPSA) is 94.1 Å². The van der Waals surface area contributed by atoms with Crippen molar-refractivity contribution < 1.29 is 37.3 Å². The minimum absolute atomic E-state index is 0.0306. The fourth-order valence-electron chi connectivity index (χ4n) is 5.55. The molecule has 0 aromatic carbocycles. The van der Waals surface area contributed by atoms with Crippen molar-refractivity contribution in [1.29, 1.82) is 0 Å². The van der Waals surface area contributed by atoms with E-state index in [1.807, 2.05) is 21.1 Å². The number of hydrogen-bond donors (Lipinski definition) is 0. The van der Waals surface area contributed by atoms with Gasteiger partial charge >= 0.3 is 5.97 Å². The highest BCUT2D eigenvalue weighted by molar-refractivity contribution is 7.45. The lowest BCUT2D eigenvalue weighted by molar-refractivity contribution is -0.870. The largest absolute Gasteiger partial charge is 0.756 e. The highest BCUT2D eigenvalue weighted by Crippen LogP contribution is 2.38. The highest BCUT2D eigenvalue weighted by atomic mass is 31.2. The van der Waals surface area contributed by atoms with E-state index in [1.54, 1.807) is 0 Å². The Balaban J connectivity index is 4.09. The third-order valence-corrected chi connectivity index (χ3v) is 9.62. The number of nitrogens with zero attached hydrogens (tertiary/aromatic N) is 1. The Labute approximate surface area is 291 Å². The predicted molar refractivity (Wildman–Crippen MR) is 194 cm³/mol. The van der Waals surface area contributed by atoms with Gasteiger partial charge in [-0.1, -0.05) is 162 Å². The summed E-state index contributed by atoms with van der Waals surface area (Å²) in [5.74, 6) is -0.337. The van der Waals surface area contributed by atoms with Crippen LogP contribution in [0.25, 0.3) is 0 Å². The van der Waals surface area contributed by atoms with E-state index < -0.39 is 13.9 Å².